The van der Waals surface area contributed by atoms with Crippen LogP contribution in [0.4, 0.5) is 26.3 Å². The number of ether oxygens (including phenoxy) is 1. The van der Waals surface area contributed by atoms with Gasteiger partial charge in [0.1, 0.15) is 5.75 Å². The van der Waals surface area contributed by atoms with Crippen LogP contribution in [0.5, 0.6) is 5.75 Å². The average Bonchev–Trinajstić information content (AvgIpc) is 2.26. The molecule has 0 amide bonds. The molecule has 0 radical (unpaired) electrons. The predicted octanol–water partition coefficient (Wildman–Crippen LogP) is 4.79. The van der Waals surface area contributed by atoms with Crippen molar-refractivity contribution < 1.29 is 35.9 Å². The highest BCUT2D eigenvalue weighted by atomic mass is 32.2. The Morgan fingerprint density at radius 3 is 2.25 bits per heavy atom. The SMILES string of the molecule is CCC(=O)c1ccc(SC(F)(F)F)c(OC(F)(F)F)c1. The summed E-state index contributed by atoms with van der Waals surface area (Å²) in [5, 5.41) is 0. The van der Waals surface area contributed by atoms with Gasteiger partial charge in [0.05, 0.1) is 4.90 Å². The van der Waals surface area contributed by atoms with Crippen molar-refractivity contribution in [3.05, 3.63) is 23.8 Å². The molecule has 1 aromatic rings. The lowest BCUT2D eigenvalue weighted by Gasteiger charge is -2.15. The molecule has 0 aliphatic carbocycles. The lowest BCUT2D eigenvalue weighted by Crippen LogP contribution is -2.18. The fourth-order valence-electron chi connectivity index (χ4n) is 1.30. The molecule has 20 heavy (non-hydrogen) atoms. The lowest BCUT2D eigenvalue weighted by molar-refractivity contribution is -0.275. The van der Waals surface area contributed by atoms with Crippen LogP contribution in [0, 0.1) is 0 Å². The van der Waals surface area contributed by atoms with Gasteiger partial charge in [-0.1, -0.05) is 13.0 Å². The van der Waals surface area contributed by atoms with Gasteiger partial charge < -0.3 is 4.74 Å². The first kappa shape index (κ1) is 16.7. The molecule has 0 aliphatic rings. The quantitative estimate of drug-likeness (QED) is 0.453. The normalized spacial score (nSPS) is 12.3. The maximum absolute atomic E-state index is 12.2. The van der Waals surface area contributed by atoms with Gasteiger partial charge in [0.2, 0.25) is 0 Å². The van der Waals surface area contributed by atoms with E-state index < -0.39 is 40.1 Å². The Balaban J connectivity index is 3.19. The monoisotopic (exact) mass is 318 g/mol. The molecular weight excluding hydrogens is 310 g/mol. The maximum Gasteiger partial charge on any atom is 0.573 e. The van der Waals surface area contributed by atoms with Crippen molar-refractivity contribution in [1.29, 1.82) is 0 Å². The topological polar surface area (TPSA) is 26.3 Å². The number of hydrogen-bond donors (Lipinski definition) is 0. The van der Waals surface area contributed by atoms with Gasteiger partial charge in [-0.2, -0.15) is 13.2 Å². The van der Waals surface area contributed by atoms with Crippen LogP contribution in [0.25, 0.3) is 0 Å². The number of benzene rings is 1. The van der Waals surface area contributed by atoms with Crippen LogP contribution in [0.15, 0.2) is 23.1 Å². The summed E-state index contributed by atoms with van der Waals surface area (Å²) in [5.41, 5.74) is -4.90. The number of carbonyl (C=O) groups excluding carboxylic acids is 1. The van der Waals surface area contributed by atoms with Crippen LogP contribution >= 0.6 is 11.8 Å². The summed E-state index contributed by atoms with van der Waals surface area (Å²) in [5.74, 6) is -1.54. The summed E-state index contributed by atoms with van der Waals surface area (Å²) in [6, 6.07) is 2.47. The van der Waals surface area contributed by atoms with E-state index in [1.807, 2.05) is 0 Å². The van der Waals surface area contributed by atoms with Crippen molar-refractivity contribution in [2.24, 2.45) is 0 Å². The molecule has 1 aromatic carbocycles. The van der Waals surface area contributed by atoms with Crippen LogP contribution in [-0.2, 0) is 0 Å². The van der Waals surface area contributed by atoms with Crippen LogP contribution in [0.3, 0.4) is 0 Å². The second-order valence-corrected chi connectivity index (χ2v) is 4.64. The largest absolute Gasteiger partial charge is 0.573 e. The second kappa shape index (κ2) is 5.94. The Morgan fingerprint density at radius 1 is 1.20 bits per heavy atom. The first-order valence-electron chi connectivity index (χ1n) is 5.20. The van der Waals surface area contributed by atoms with E-state index in [0.717, 1.165) is 12.1 Å². The fourth-order valence-corrected chi connectivity index (χ4v) is 1.89. The molecular formula is C11H8F6O2S. The van der Waals surface area contributed by atoms with Crippen LogP contribution in [-0.4, -0.2) is 17.7 Å². The fraction of sp³-hybridized carbons (Fsp3) is 0.364. The molecule has 0 bridgehead atoms. The van der Waals surface area contributed by atoms with E-state index in [4.69, 9.17) is 0 Å². The van der Waals surface area contributed by atoms with Crippen molar-refractivity contribution in [2.45, 2.75) is 30.1 Å². The minimum absolute atomic E-state index is 0.0111. The molecule has 0 aromatic heterocycles. The Hall–Kier alpha value is -1.38. The van der Waals surface area contributed by atoms with Gasteiger partial charge in [0.25, 0.3) is 0 Å². The lowest BCUT2D eigenvalue weighted by atomic mass is 10.1. The molecule has 1 rings (SSSR count). The minimum Gasteiger partial charge on any atom is -0.405 e. The van der Waals surface area contributed by atoms with Gasteiger partial charge in [-0.3, -0.25) is 4.79 Å². The number of alkyl halides is 6. The van der Waals surface area contributed by atoms with Crippen LogP contribution in [0.2, 0.25) is 0 Å². The molecule has 0 spiro atoms. The highest BCUT2D eigenvalue weighted by Crippen LogP contribution is 2.43. The minimum atomic E-state index is -5.14. The van der Waals surface area contributed by atoms with Gasteiger partial charge in [0.15, 0.2) is 5.78 Å². The molecule has 112 valence electrons. The summed E-state index contributed by atoms with van der Waals surface area (Å²) in [4.78, 5) is 10.6. The van der Waals surface area contributed by atoms with Crippen molar-refractivity contribution in [2.75, 3.05) is 0 Å². The van der Waals surface area contributed by atoms with Gasteiger partial charge in [-0.15, -0.1) is 13.2 Å². The van der Waals surface area contributed by atoms with E-state index in [-0.39, 0.29) is 12.0 Å². The van der Waals surface area contributed by atoms with E-state index >= 15 is 0 Å². The van der Waals surface area contributed by atoms with E-state index in [2.05, 4.69) is 4.74 Å². The van der Waals surface area contributed by atoms with Gasteiger partial charge in [-0.05, 0) is 23.9 Å². The molecule has 0 aliphatic heterocycles. The zero-order valence-electron chi connectivity index (χ0n) is 9.93. The van der Waals surface area contributed by atoms with E-state index in [9.17, 15) is 31.1 Å². The number of hydrogen-bond acceptors (Lipinski definition) is 3. The Kier molecular flexibility index (Phi) is 4.95. The molecule has 0 fully saturated rings. The molecule has 2 nitrogen and oxygen atoms in total. The number of halogens is 6. The van der Waals surface area contributed by atoms with E-state index in [1.54, 1.807) is 0 Å². The first-order valence-corrected chi connectivity index (χ1v) is 6.02. The highest BCUT2D eigenvalue weighted by Gasteiger charge is 2.36. The molecule has 0 heterocycles. The molecule has 0 atom stereocenters. The smallest absolute Gasteiger partial charge is 0.405 e. The van der Waals surface area contributed by atoms with Crippen molar-refractivity contribution in [1.82, 2.24) is 0 Å². The molecule has 0 saturated heterocycles. The van der Waals surface area contributed by atoms with Crippen LogP contribution < -0.4 is 4.74 Å². The number of carbonyl (C=O) groups is 1. The van der Waals surface area contributed by atoms with Crippen molar-refractivity contribution >= 4 is 17.5 Å². The molecule has 0 unspecified atom stereocenters. The Morgan fingerprint density at radius 2 is 1.80 bits per heavy atom. The molecule has 0 N–H and O–H groups in total. The Bertz CT molecular complexity index is 495. The third-order valence-electron chi connectivity index (χ3n) is 2.04. The highest BCUT2D eigenvalue weighted by molar-refractivity contribution is 8.00. The maximum atomic E-state index is 12.2. The standard InChI is InChI=1S/C11H8F6O2S/c1-2-7(18)6-3-4-9(20-11(15,16)17)8(5-6)19-10(12,13)14/h3-5H,2H2,1H3. The summed E-state index contributed by atoms with van der Waals surface area (Å²) < 4.78 is 76.8. The predicted molar refractivity (Wildman–Crippen MR) is 59.7 cm³/mol. The number of ketones is 1. The first-order chi connectivity index (χ1) is 9.02. The van der Waals surface area contributed by atoms with Crippen LogP contribution in [0.1, 0.15) is 23.7 Å². The number of thioether (sulfide) groups is 1. The third kappa shape index (κ3) is 5.32. The summed E-state index contributed by atoms with van der Waals surface area (Å²) in [6.07, 6.45) is -5.13. The van der Waals surface area contributed by atoms with Gasteiger partial charge >= 0.3 is 11.9 Å². The van der Waals surface area contributed by atoms with E-state index in [0.29, 0.717) is 6.07 Å². The van der Waals surface area contributed by atoms with Crippen molar-refractivity contribution in [3.63, 3.8) is 0 Å². The Labute approximate surface area is 114 Å². The second-order valence-electron chi connectivity index (χ2n) is 3.53. The zero-order valence-corrected chi connectivity index (χ0v) is 10.7. The number of rotatable bonds is 4. The van der Waals surface area contributed by atoms with Gasteiger partial charge in [-0.25, -0.2) is 0 Å². The molecule has 0 saturated carbocycles. The summed E-state index contributed by atoms with van der Waals surface area (Å²) in [7, 11) is 0. The van der Waals surface area contributed by atoms with Crippen molar-refractivity contribution in [3.8, 4) is 5.75 Å². The molecule has 9 heteroatoms. The zero-order chi connectivity index (χ0) is 15.6. The average molecular weight is 318 g/mol. The summed E-state index contributed by atoms with van der Waals surface area (Å²) >= 11 is -0.740. The summed E-state index contributed by atoms with van der Waals surface area (Å²) in [6.45, 7) is 1.48. The number of Topliss-reactive ketones (excluding diaryl/α,β-unsaturated/α-hetero) is 1. The van der Waals surface area contributed by atoms with Gasteiger partial charge in [0, 0.05) is 12.0 Å². The third-order valence-corrected chi connectivity index (χ3v) is 2.83. The van der Waals surface area contributed by atoms with E-state index in [1.165, 1.54) is 6.92 Å².